The van der Waals surface area contributed by atoms with Gasteiger partial charge in [0.1, 0.15) is 9.84 Å². The summed E-state index contributed by atoms with van der Waals surface area (Å²) in [7, 11) is -2.92. The first-order chi connectivity index (χ1) is 5.83. The zero-order valence-corrected chi connectivity index (χ0v) is 8.73. The molecule has 1 amide bonds. The highest BCUT2D eigenvalue weighted by atomic mass is 32.2. The average Bonchev–Trinajstić information content (AvgIpc) is 1.95. The predicted octanol–water partition coefficient (Wildman–Crippen LogP) is -1.26. The molecule has 0 radical (unpaired) electrons. The smallest absolute Gasteiger partial charge is 0.221 e. The zero-order chi connectivity index (χ0) is 10.5. The predicted molar refractivity (Wildman–Crippen MR) is 50.9 cm³/mol. The summed E-state index contributed by atoms with van der Waals surface area (Å²) < 4.78 is 21.4. The second kappa shape index (κ2) is 5.18. The summed E-state index contributed by atoms with van der Waals surface area (Å²) in [6.07, 6.45) is 1.17. The molecule has 0 aliphatic rings. The molecule has 0 fully saturated rings. The third kappa shape index (κ3) is 7.73. The van der Waals surface area contributed by atoms with Gasteiger partial charge in [0.2, 0.25) is 5.91 Å². The molecule has 6 heteroatoms. The Hall–Kier alpha value is -0.620. The molecule has 0 aromatic carbocycles. The molecule has 0 saturated carbocycles. The summed E-state index contributed by atoms with van der Waals surface area (Å²) in [5.41, 5.74) is 5.01. The van der Waals surface area contributed by atoms with Crippen LogP contribution in [0.5, 0.6) is 0 Å². The van der Waals surface area contributed by atoms with Crippen LogP contribution in [0.4, 0.5) is 0 Å². The van der Waals surface area contributed by atoms with E-state index in [-0.39, 0.29) is 17.6 Å². The first-order valence-corrected chi connectivity index (χ1v) is 6.06. The summed E-state index contributed by atoms with van der Waals surface area (Å²) in [5, 5.41) is 2.84. The van der Waals surface area contributed by atoms with Crippen molar-refractivity contribution in [2.75, 3.05) is 25.1 Å². The molecule has 0 spiro atoms. The normalized spacial score (nSPS) is 14.0. The van der Waals surface area contributed by atoms with Gasteiger partial charge in [0, 0.05) is 25.3 Å². The summed E-state index contributed by atoms with van der Waals surface area (Å²) in [5.74, 6) is -0.565. The Morgan fingerprint density at radius 3 is 2.46 bits per heavy atom. The van der Waals surface area contributed by atoms with Gasteiger partial charge in [0.05, 0.1) is 5.75 Å². The molecule has 0 aliphatic carbocycles. The van der Waals surface area contributed by atoms with Gasteiger partial charge in [-0.3, -0.25) is 4.79 Å². The van der Waals surface area contributed by atoms with Crippen LogP contribution in [0, 0.1) is 5.92 Å². The maximum Gasteiger partial charge on any atom is 0.221 e. The van der Waals surface area contributed by atoms with Gasteiger partial charge < -0.3 is 11.1 Å². The fourth-order valence-corrected chi connectivity index (χ4v) is 1.19. The number of carbonyl (C=O) groups excluding carboxylic acids is 1. The van der Waals surface area contributed by atoms with Gasteiger partial charge in [-0.25, -0.2) is 8.42 Å². The topological polar surface area (TPSA) is 89.3 Å². The molecule has 0 aromatic heterocycles. The van der Waals surface area contributed by atoms with Crippen LogP contribution >= 0.6 is 0 Å². The minimum atomic E-state index is -2.92. The van der Waals surface area contributed by atoms with E-state index in [9.17, 15) is 13.2 Å². The number of hydrogen-bond acceptors (Lipinski definition) is 4. The Balaban J connectivity index is 3.53. The van der Waals surface area contributed by atoms with Crippen molar-refractivity contribution in [1.82, 2.24) is 5.32 Å². The molecule has 78 valence electrons. The van der Waals surface area contributed by atoms with E-state index in [2.05, 4.69) is 5.32 Å². The number of amides is 1. The quantitative estimate of drug-likeness (QED) is 0.533. The maximum absolute atomic E-state index is 10.7. The van der Waals surface area contributed by atoms with Crippen molar-refractivity contribution in [2.24, 2.45) is 11.7 Å². The second-order valence-corrected chi connectivity index (χ2v) is 5.40. The molecule has 0 aliphatic heterocycles. The third-order valence-corrected chi connectivity index (χ3v) is 2.53. The second-order valence-electron chi connectivity index (χ2n) is 3.14. The van der Waals surface area contributed by atoms with E-state index in [1.54, 1.807) is 6.92 Å². The monoisotopic (exact) mass is 208 g/mol. The van der Waals surface area contributed by atoms with Crippen LogP contribution in [0.25, 0.3) is 0 Å². The van der Waals surface area contributed by atoms with Gasteiger partial charge in [-0.05, 0) is 0 Å². The molecular formula is C7H16N2O3S. The van der Waals surface area contributed by atoms with Crippen molar-refractivity contribution >= 4 is 15.7 Å². The average molecular weight is 208 g/mol. The minimum absolute atomic E-state index is 0.0818. The van der Waals surface area contributed by atoms with Crippen molar-refractivity contribution in [1.29, 1.82) is 0 Å². The molecule has 0 saturated heterocycles. The van der Waals surface area contributed by atoms with E-state index in [0.29, 0.717) is 13.1 Å². The van der Waals surface area contributed by atoms with Crippen LogP contribution < -0.4 is 11.1 Å². The molecule has 0 heterocycles. The SMILES string of the molecule is CC(CNCCS(C)(=O)=O)C(N)=O. The first kappa shape index (κ1) is 12.4. The number of nitrogens with two attached hydrogens (primary N) is 1. The molecule has 5 nitrogen and oxygen atoms in total. The molecule has 0 rings (SSSR count). The van der Waals surface area contributed by atoms with Gasteiger partial charge in [-0.1, -0.05) is 6.92 Å². The van der Waals surface area contributed by atoms with Crippen molar-refractivity contribution in [2.45, 2.75) is 6.92 Å². The standard InChI is InChI=1S/C7H16N2O3S/c1-6(7(8)10)5-9-3-4-13(2,11)12/h6,9H,3-5H2,1-2H3,(H2,8,10). The first-order valence-electron chi connectivity index (χ1n) is 4.00. The van der Waals surface area contributed by atoms with E-state index >= 15 is 0 Å². The fourth-order valence-electron chi connectivity index (χ4n) is 0.677. The molecular weight excluding hydrogens is 192 g/mol. The highest BCUT2D eigenvalue weighted by Crippen LogP contribution is 1.89. The number of rotatable bonds is 6. The van der Waals surface area contributed by atoms with Crippen molar-refractivity contribution < 1.29 is 13.2 Å². The Kier molecular flexibility index (Phi) is 4.94. The van der Waals surface area contributed by atoms with Crippen LogP contribution in [-0.2, 0) is 14.6 Å². The lowest BCUT2D eigenvalue weighted by Crippen LogP contribution is -2.33. The molecule has 0 bridgehead atoms. The Labute approximate surface area is 78.6 Å². The molecule has 3 N–H and O–H groups in total. The van der Waals surface area contributed by atoms with E-state index in [0.717, 1.165) is 0 Å². The fraction of sp³-hybridized carbons (Fsp3) is 0.857. The molecule has 1 unspecified atom stereocenters. The van der Waals surface area contributed by atoms with Crippen molar-refractivity contribution in [3.63, 3.8) is 0 Å². The van der Waals surface area contributed by atoms with E-state index < -0.39 is 9.84 Å². The van der Waals surface area contributed by atoms with Crippen molar-refractivity contribution in [3.8, 4) is 0 Å². The third-order valence-electron chi connectivity index (χ3n) is 1.59. The highest BCUT2D eigenvalue weighted by Gasteiger charge is 2.08. The number of carbonyl (C=O) groups is 1. The zero-order valence-electron chi connectivity index (χ0n) is 7.91. The number of nitrogens with one attached hydrogen (secondary N) is 1. The summed E-state index contributed by atoms with van der Waals surface area (Å²) in [4.78, 5) is 10.6. The Morgan fingerprint density at radius 2 is 2.08 bits per heavy atom. The largest absolute Gasteiger partial charge is 0.369 e. The molecule has 1 atom stereocenters. The van der Waals surface area contributed by atoms with Gasteiger partial charge in [-0.2, -0.15) is 0 Å². The molecule has 0 aromatic rings. The van der Waals surface area contributed by atoms with E-state index in [4.69, 9.17) is 5.73 Å². The van der Waals surface area contributed by atoms with Crippen LogP contribution in [0.1, 0.15) is 6.92 Å². The molecule has 13 heavy (non-hydrogen) atoms. The number of primary amides is 1. The van der Waals surface area contributed by atoms with Crippen molar-refractivity contribution in [3.05, 3.63) is 0 Å². The number of sulfone groups is 1. The summed E-state index contributed by atoms with van der Waals surface area (Å²) in [6.45, 7) is 2.47. The maximum atomic E-state index is 10.7. The lowest BCUT2D eigenvalue weighted by molar-refractivity contribution is -0.121. The van der Waals surface area contributed by atoms with Gasteiger partial charge in [-0.15, -0.1) is 0 Å². The van der Waals surface area contributed by atoms with Crippen LogP contribution in [0.2, 0.25) is 0 Å². The van der Waals surface area contributed by atoms with E-state index in [1.807, 2.05) is 0 Å². The van der Waals surface area contributed by atoms with Gasteiger partial charge >= 0.3 is 0 Å². The van der Waals surface area contributed by atoms with Crippen LogP contribution in [0.3, 0.4) is 0 Å². The highest BCUT2D eigenvalue weighted by molar-refractivity contribution is 7.90. The Morgan fingerprint density at radius 1 is 1.54 bits per heavy atom. The van der Waals surface area contributed by atoms with Crippen LogP contribution in [0.15, 0.2) is 0 Å². The van der Waals surface area contributed by atoms with E-state index in [1.165, 1.54) is 6.26 Å². The summed E-state index contributed by atoms with van der Waals surface area (Å²) in [6, 6.07) is 0. The Bertz CT molecular complexity index is 261. The van der Waals surface area contributed by atoms with Gasteiger partial charge in [0.25, 0.3) is 0 Å². The lowest BCUT2D eigenvalue weighted by atomic mass is 10.2. The minimum Gasteiger partial charge on any atom is -0.369 e. The number of hydrogen-bond donors (Lipinski definition) is 2. The van der Waals surface area contributed by atoms with Gasteiger partial charge in [0.15, 0.2) is 0 Å². The van der Waals surface area contributed by atoms with Crippen LogP contribution in [-0.4, -0.2) is 39.4 Å². The lowest BCUT2D eigenvalue weighted by Gasteiger charge is -2.07. The summed E-state index contributed by atoms with van der Waals surface area (Å²) >= 11 is 0.